The summed E-state index contributed by atoms with van der Waals surface area (Å²) in [6, 6.07) is 8.17. The first kappa shape index (κ1) is 12.2. The van der Waals surface area contributed by atoms with E-state index in [4.69, 9.17) is 15.2 Å². The minimum absolute atomic E-state index is 0.626. The van der Waals surface area contributed by atoms with Crippen molar-refractivity contribution >= 4 is 5.69 Å². The predicted octanol–water partition coefficient (Wildman–Crippen LogP) is 1.73. The van der Waals surface area contributed by atoms with Crippen LogP contribution < -0.4 is 5.73 Å². The van der Waals surface area contributed by atoms with Crippen LogP contribution in [-0.4, -0.2) is 23.0 Å². The molecule has 3 rings (SSSR count). The Bertz CT molecular complexity index is 574. The second-order valence-corrected chi connectivity index (χ2v) is 4.81. The van der Waals surface area contributed by atoms with Crippen molar-refractivity contribution in [1.29, 1.82) is 0 Å². The first-order valence-corrected chi connectivity index (χ1v) is 6.31. The first-order chi connectivity index (χ1) is 9.16. The first-order valence-electron chi connectivity index (χ1n) is 6.31. The molecule has 0 atom stereocenters. The van der Waals surface area contributed by atoms with Crippen molar-refractivity contribution in [1.82, 2.24) is 9.78 Å². The largest absolute Gasteiger partial charge is 0.396 e. The molecule has 1 fully saturated rings. The number of aromatic nitrogens is 2. The van der Waals surface area contributed by atoms with Crippen LogP contribution in [0.2, 0.25) is 0 Å². The van der Waals surface area contributed by atoms with Gasteiger partial charge in [-0.3, -0.25) is 4.68 Å². The second kappa shape index (κ2) is 4.68. The fourth-order valence-electron chi connectivity index (χ4n) is 2.29. The summed E-state index contributed by atoms with van der Waals surface area (Å²) >= 11 is 0. The lowest BCUT2D eigenvalue weighted by molar-refractivity contribution is -0.149. The number of hydrogen-bond acceptors (Lipinski definition) is 4. The van der Waals surface area contributed by atoms with Crippen molar-refractivity contribution in [2.24, 2.45) is 0 Å². The van der Waals surface area contributed by atoms with E-state index in [0.717, 1.165) is 11.1 Å². The lowest BCUT2D eigenvalue weighted by atomic mass is 10.0. The molecular weight excluding hydrogens is 242 g/mol. The maximum Gasteiger partial charge on any atom is 0.192 e. The molecule has 1 saturated heterocycles. The molecule has 5 heteroatoms. The minimum Gasteiger partial charge on any atom is -0.396 e. The molecule has 0 spiro atoms. The van der Waals surface area contributed by atoms with Crippen LogP contribution in [0.5, 0.6) is 0 Å². The van der Waals surface area contributed by atoms with Crippen LogP contribution >= 0.6 is 0 Å². The molecule has 0 radical (unpaired) electrons. The molecule has 0 amide bonds. The standard InChI is InChI=1S/C14H17N3O2/c1-14(18-5-6-19-14)12-4-2-3-11(7-12)9-17-10-13(15)8-16-17/h2-4,7-8,10H,5-6,9,15H2,1H3. The van der Waals surface area contributed by atoms with Crippen molar-refractivity contribution in [3.8, 4) is 0 Å². The maximum atomic E-state index is 5.67. The van der Waals surface area contributed by atoms with Crippen molar-refractivity contribution in [3.63, 3.8) is 0 Å². The van der Waals surface area contributed by atoms with Gasteiger partial charge >= 0.3 is 0 Å². The topological polar surface area (TPSA) is 62.3 Å². The number of rotatable bonds is 3. The van der Waals surface area contributed by atoms with Gasteiger partial charge in [0, 0.05) is 11.8 Å². The van der Waals surface area contributed by atoms with Gasteiger partial charge in [-0.15, -0.1) is 0 Å². The SMILES string of the molecule is CC1(c2cccc(Cn3cc(N)cn3)c2)OCCO1. The highest BCUT2D eigenvalue weighted by Gasteiger charge is 2.33. The smallest absolute Gasteiger partial charge is 0.192 e. The number of nitrogens with zero attached hydrogens (tertiary/aromatic N) is 2. The van der Waals surface area contributed by atoms with E-state index in [1.165, 1.54) is 0 Å². The van der Waals surface area contributed by atoms with Gasteiger partial charge in [0.1, 0.15) is 0 Å². The molecule has 0 saturated carbocycles. The van der Waals surface area contributed by atoms with Crippen LogP contribution in [0.4, 0.5) is 5.69 Å². The average Bonchev–Trinajstić information content (AvgIpc) is 3.00. The molecule has 0 unspecified atom stereocenters. The van der Waals surface area contributed by atoms with Gasteiger partial charge in [0.25, 0.3) is 0 Å². The average molecular weight is 259 g/mol. The molecule has 1 aliphatic heterocycles. The van der Waals surface area contributed by atoms with Crippen LogP contribution in [0.15, 0.2) is 36.7 Å². The number of anilines is 1. The van der Waals surface area contributed by atoms with Gasteiger partial charge in [-0.25, -0.2) is 0 Å². The summed E-state index contributed by atoms with van der Waals surface area (Å²) < 4.78 is 13.2. The van der Waals surface area contributed by atoms with Crippen molar-refractivity contribution < 1.29 is 9.47 Å². The summed E-state index contributed by atoms with van der Waals surface area (Å²) in [5.41, 5.74) is 8.50. The monoisotopic (exact) mass is 259 g/mol. The number of benzene rings is 1. The van der Waals surface area contributed by atoms with Crippen LogP contribution in [0.1, 0.15) is 18.1 Å². The third kappa shape index (κ3) is 2.47. The van der Waals surface area contributed by atoms with E-state index >= 15 is 0 Å². The Morgan fingerprint density at radius 1 is 1.37 bits per heavy atom. The van der Waals surface area contributed by atoms with Crippen molar-refractivity contribution in [2.45, 2.75) is 19.3 Å². The Labute approximate surface area is 111 Å². The zero-order valence-corrected chi connectivity index (χ0v) is 10.9. The molecule has 1 aromatic heterocycles. The Kier molecular flexibility index (Phi) is 3.00. The fraction of sp³-hybridized carbons (Fsp3) is 0.357. The molecule has 2 N–H and O–H groups in total. The highest BCUT2D eigenvalue weighted by molar-refractivity contribution is 5.32. The van der Waals surface area contributed by atoms with E-state index in [9.17, 15) is 0 Å². The predicted molar refractivity (Wildman–Crippen MR) is 71.4 cm³/mol. The molecule has 19 heavy (non-hydrogen) atoms. The van der Waals surface area contributed by atoms with E-state index in [1.807, 2.05) is 29.9 Å². The molecule has 5 nitrogen and oxygen atoms in total. The number of ether oxygens (including phenoxy) is 2. The summed E-state index contributed by atoms with van der Waals surface area (Å²) in [7, 11) is 0. The zero-order chi connectivity index (χ0) is 13.3. The van der Waals surface area contributed by atoms with E-state index < -0.39 is 5.79 Å². The maximum absolute atomic E-state index is 5.67. The van der Waals surface area contributed by atoms with Gasteiger partial charge in [-0.05, 0) is 18.6 Å². The zero-order valence-electron chi connectivity index (χ0n) is 10.9. The minimum atomic E-state index is -0.626. The third-order valence-corrected chi connectivity index (χ3v) is 3.29. The second-order valence-electron chi connectivity index (χ2n) is 4.81. The molecule has 2 heterocycles. The quantitative estimate of drug-likeness (QED) is 0.912. The molecule has 0 bridgehead atoms. The summed E-state index contributed by atoms with van der Waals surface area (Å²) in [6.45, 7) is 3.90. The van der Waals surface area contributed by atoms with Crippen LogP contribution in [0.25, 0.3) is 0 Å². The molecule has 1 aromatic carbocycles. The lowest BCUT2D eigenvalue weighted by Crippen LogP contribution is -2.22. The van der Waals surface area contributed by atoms with E-state index in [-0.39, 0.29) is 0 Å². The molecule has 2 aromatic rings. The van der Waals surface area contributed by atoms with E-state index in [2.05, 4.69) is 17.2 Å². The van der Waals surface area contributed by atoms with Crippen molar-refractivity contribution in [2.75, 3.05) is 18.9 Å². The number of nitrogen functional groups attached to an aromatic ring is 1. The lowest BCUT2D eigenvalue weighted by Gasteiger charge is -2.23. The van der Waals surface area contributed by atoms with E-state index in [1.54, 1.807) is 6.20 Å². The van der Waals surface area contributed by atoms with Gasteiger partial charge in [0.05, 0.1) is 31.6 Å². The fourth-order valence-corrected chi connectivity index (χ4v) is 2.29. The van der Waals surface area contributed by atoms with Crippen LogP contribution in [0.3, 0.4) is 0 Å². The molecule has 0 aliphatic carbocycles. The molecular formula is C14H17N3O2. The van der Waals surface area contributed by atoms with Crippen molar-refractivity contribution in [3.05, 3.63) is 47.8 Å². The summed E-state index contributed by atoms with van der Waals surface area (Å²) in [4.78, 5) is 0. The third-order valence-electron chi connectivity index (χ3n) is 3.29. The molecule has 100 valence electrons. The van der Waals surface area contributed by atoms with Gasteiger partial charge in [-0.2, -0.15) is 5.10 Å². The number of hydrogen-bond donors (Lipinski definition) is 1. The highest BCUT2D eigenvalue weighted by Crippen LogP contribution is 2.31. The normalized spacial score (nSPS) is 17.7. The highest BCUT2D eigenvalue weighted by atomic mass is 16.7. The molecule has 1 aliphatic rings. The van der Waals surface area contributed by atoms with E-state index in [0.29, 0.717) is 25.4 Å². The summed E-state index contributed by atoms with van der Waals surface area (Å²) in [6.07, 6.45) is 3.46. The van der Waals surface area contributed by atoms with Crippen LogP contribution in [-0.2, 0) is 21.8 Å². The van der Waals surface area contributed by atoms with Gasteiger partial charge in [0.15, 0.2) is 5.79 Å². The van der Waals surface area contributed by atoms with Gasteiger partial charge in [-0.1, -0.05) is 18.2 Å². The van der Waals surface area contributed by atoms with Gasteiger partial charge in [0.2, 0.25) is 0 Å². The summed E-state index contributed by atoms with van der Waals surface area (Å²) in [5.74, 6) is -0.626. The summed E-state index contributed by atoms with van der Waals surface area (Å²) in [5, 5.41) is 4.18. The Morgan fingerprint density at radius 2 is 2.16 bits per heavy atom. The Balaban J connectivity index is 1.83. The Morgan fingerprint density at radius 3 is 2.84 bits per heavy atom. The Hall–Kier alpha value is -1.85. The van der Waals surface area contributed by atoms with Crippen LogP contribution in [0, 0.1) is 0 Å². The number of nitrogens with two attached hydrogens (primary N) is 1. The van der Waals surface area contributed by atoms with Gasteiger partial charge < -0.3 is 15.2 Å².